The fourth-order valence-corrected chi connectivity index (χ4v) is 3.25. The zero-order valence-electron chi connectivity index (χ0n) is 14.9. The molecule has 0 radical (unpaired) electrons. The third-order valence-electron chi connectivity index (χ3n) is 4.77. The van der Waals surface area contributed by atoms with Gasteiger partial charge in [-0.25, -0.2) is 4.98 Å². The lowest BCUT2D eigenvalue weighted by Gasteiger charge is -2.24. The van der Waals surface area contributed by atoms with Crippen molar-refractivity contribution in [2.75, 3.05) is 45.2 Å². The second-order valence-electron chi connectivity index (χ2n) is 6.88. The van der Waals surface area contributed by atoms with Crippen LogP contribution < -0.4 is 9.64 Å². The predicted molar refractivity (Wildman–Crippen MR) is 94.4 cm³/mol. The SMILES string of the molecule is CCN(CC(=O)N1CC[C@@H](Oc2cccnc2N(C)C)C1)C1CC1. The molecule has 1 aliphatic heterocycles. The largest absolute Gasteiger partial charge is 0.485 e. The molecule has 6 nitrogen and oxygen atoms in total. The molecule has 3 rings (SSSR count). The summed E-state index contributed by atoms with van der Waals surface area (Å²) in [6.07, 6.45) is 5.17. The molecular weight excluding hydrogens is 304 g/mol. The minimum absolute atomic E-state index is 0.0489. The monoisotopic (exact) mass is 332 g/mol. The number of pyridine rings is 1. The summed E-state index contributed by atoms with van der Waals surface area (Å²) in [4.78, 5) is 23.1. The molecule has 0 aromatic carbocycles. The molecular formula is C18H28N4O2. The van der Waals surface area contributed by atoms with Gasteiger partial charge in [0.1, 0.15) is 6.10 Å². The second-order valence-corrected chi connectivity index (χ2v) is 6.88. The van der Waals surface area contributed by atoms with Crippen molar-refractivity contribution in [2.24, 2.45) is 0 Å². The van der Waals surface area contributed by atoms with Crippen LogP contribution in [0.3, 0.4) is 0 Å². The van der Waals surface area contributed by atoms with E-state index in [4.69, 9.17) is 4.74 Å². The van der Waals surface area contributed by atoms with Crippen LogP contribution >= 0.6 is 0 Å². The number of likely N-dealkylation sites (tertiary alicyclic amines) is 1. The van der Waals surface area contributed by atoms with Gasteiger partial charge in [0.05, 0.1) is 13.1 Å². The normalized spacial score (nSPS) is 20.5. The Labute approximate surface area is 144 Å². The van der Waals surface area contributed by atoms with Crippen LogP contribution in [0.15, 0.2) is 18.3 Å². The Morgan fingerprint density at radius 3 is 2.83 bits per heavy atom. The molecule has 1 saturated carbocycles. The van der Waals surface area contributed by atoms with Gasteiger partial charge >= 0.3 is 0 Å². The standard InChI is InChI=1S/C18H28N4O2/c1-4-21(14-7-8-14)13-17(23)22-11-9-15(12-22)24-16-6-5-10-19-18(16)20(2)3/h5-6,10,14-15H,4,7-9,11-13H2,1-3H3/t15-/m1/s1. The van der Waals surface area contributed by atoms with Crippen LogP contribution in [-0.2, 0) is 4.79 Å². The van der Waals surface area contributed by atoms with Gasteiger partial charge in [0.25, 0.3) is 0 Å². The number of rotatable bonds is 7. The molecule has 1 amide bonds. The Morgan fingerprint density at radius 2 is 2.17 bits per heavy atom. The van der Waals surface area contributed by atoms with Crippen molar-refractivity contribution in [3.05, 3.63) is 18.3 Å². The van der Waals surface area contributed by atoms with Crippen molar-refractivity contribution < 1.29 is 9.53 Å². The van der Waals surface area contributed by atoms with Gasteiger partial charge in [-0.1, -0.05) is 6.92 Å². The molecule has 0 bridgehead atoms. The maximum Gasteiger partial charge on any atom is 0.236 e. The summed E-state index contributed by atoms with van der Waals surface area (Å²) < 4.78 is 6.13. The van der Waals surface area contributed by atoms with E-state index in [2.05, 4.69) is 16.8 Å². The number of anilines is 1. The molecule has 2 aliphatic rings. The van der Waals surface area contributed by atoms with Gasteiger partial charge in [0, 0.05) is 39.3 Å². The van der Waals surface area contributed by atoms with E-state index >= 15 is 0 Å². The first-order valence-corrected chi connectivity index (χ1v) is 8.89. The van der Waals surface area contributed by atoms with Gasteiger partial charge in [0.15, 0.2) is 11.6 Å². The molecule has 1 aromatic heterocycles. The van der Waals surface area contributed by atoms with Crippen LogP contribution in [0.25, 0.3) is 0 Å². The fraction of sp³-hybridized carbons (Fsp3) is 0.667. The Hall–Kier alpha value is -1.82. The Morgan fingerprint density at radius 1 is 1.38 bits per heavy atom. The van der Waals surface area contributed by atoms with E-state index in [1.165, 1.54) is 12.8 Å². The second kappa shape index (κ2) is 7.38. The zero-order valence-corrected chi connectivity index (χ0v) is 14.9. The summed E-state index contributed by atoms with van der Waals surface area (Å²) in [7, 11) is 3.91. The average molecular weight is 332 g/mol. The highest BCUT2D eigenvalue weighted by Gasteiger charge is 2.33. The Balaban J connectivity index is 1.54. The molecule has 2 fully saturated rings. The molecule has 1 aliphatic carbocycles. The minimum Gasteiger partial charge on any atom is -0.485 e. The zero-order chi connectivity index (χ0) is 17.1. The number of nitrogens with zero attached hydrogens (tertiary/aromatic N) is 4. The summed E-state index contributed by atoms with van der Waals surface area (Å²) in [5, 5.41) is 0. The van der Waals surface area contributed by atoms with Crippen molar-refractivity contribution in [3.63, 3.8) is 0 Å². The summed E-state index contributed by atoms with van der Waals surface area (Å²) >= 11 is 0. The van der Waals surface area contributed by atoms with Gasteiger partial charge < -0.3 is 14.5 Å². The summed E-state index contributed by atoms with van der Waals surface area (Å²) in [5.41, 5.74) is 0. The predicted octanol–water partition coefficient (Wildman–Crippen LogP) is 1.61. The van der Waals surface area contributed by atoms with Crippen molar-refractivity contribution in [3.8, 4) is 5.75 Å². The van der Waals surface area contributed by atoms with E-state index in [0.717, 1.165) is 31.1 Å². The highest BCUT2D eigenvalue weighted by Crippen LogP contribution is 2.28. The van der Waals surface area contributed by atoms with Crippen molar-refractivity contribution in [1.29, 1.82) is 0 Å². The Kier molecular flexibility index (Phi) is 5.23. The molecule has 2 heterocycles. The first-order valence-electron chi connectivity index (χ1n) is 8.89. The number of amides is 1. The first kappa shape index (κ1) is 17.0. The van der Waals surface area contributed by atoms with Gasteiger partial charge in [-0.05, 0) is 31.5 Å². The number of ether oxygens (including phenoxy) is 1. The minimum atomic E-state index is 0.0489. The van der Waals surface area contributed by atoms with Crippen molar-refractivity contribution >= 4 is 11.7 Å². The van der Waals surface area contributed by atoms with E-state index in [1.54, 1.807) is 6.20 Å². The van der Waals surface area contributed by atoms with Gasteiger partial charge in [-0.2, -0.15) is 0 Å². The number of likely N-dealkylation sites (N-methyl/N-ethyl adjacent to an activating group) is 1. The Bertz CT molecular complexity index is 574. The lowest BCUT2D eigenvalue weighted by atomic mass is 10.3. The molecule has 0 spiro atoms. The number of hydrogen-bond donors (Lipinski definition) is 0. The lowest BCUT2D eigenvalue weighted by molar-refractivity contribution is -0.131. The summed E-state index contributed by atoms with van der Waals surface area (Å²) in [6, 6.07) is 4.46. The van der Waals surface area contributed by atoms with Crippen LogP contribution in [0.5, 0.6) is 5.75 Å². The van der Waals surface area contributed by atoms with Crippen LogP contribution in [0.1, 0.15) is 26.2 Å². The number of hydrogen-bond acceptors (Lipinski definition) is 5. The number of carbonyl (C=O) groups is 1. The van der Waals surface area contributed by atoms with E-state index in [0.29, 0.717) is 19.1 Å². The van der Waals surface area contributed by atoms with Gasteiger partial charge in [-0.15, -0.1) is 0 Å². The van der Waals surface area contributed by atoms with Gasteiger partial charge in [-0.3, -0.25) is 9.69 Å². The molecule has 24 heavy (non-hydrogen) atoms. The molecule has 1 aromatic rings. The maximum atomic E-state index is 12.5. The number of carbonyl (C=O) groups excluding carboxylic acids is 1. The summed E-state index contributed by atoms with van der Waals surface area (Å²) in [5.74, 6) is 1.84. The van der Waals surface area contributed by atoms with E-state index < -0.39 is 0 Å². The third-order valence-corrected chi connectivity index (χ3v) is 4.77. The van der Waals surface area contributed by atoms with Gasteiger partial charge in [0.2, 0.25) is 5.91 Å². The smallest absolute Gasteiger partial charge is 0.236 e. The van der Waals surface area contributed by atoms with Crippen molar-refractivity contribution in [1.82, 2.24) is 14.8 Å². The third kappa shape index (κ3) is 3.98. The molecule has 1 saturated heterocycles. The van der Waals surface area contributed by atoms with E-state index in [9.17, 15) is 4.79 Å². The highest BCUT2D eigenvalue weighted by molar-refractivity contribution is 5.78. The molecule has 0 N–H and O–H groups in total. The molecule has 132 valence electrons. The lowest BCUT2D eigenvalue weighted by Crippen LogP contribution is -2.40. The molecule has 0 unspecified atom stereocenters. The molecule has 1 atom stereocenters. The number of aromatic nitrogens is 1. The highest BCUT2D eigenvalue weighted by atomic mass is 16.5. The van der Waals surface area contributed by atoms with Crippen LogP contribution in [-0.4, -0.2) is 73.1 Å². The topological polar surface area (TPSA) is 48.9 Å². The molecule has 6 heteroatoms. The van der Waals surface area contributed by atoms with Crippen LogP contribution in [0.4, 0.5) is 5.82 Å². The fourth-order valence-electron chi connectivity index (χ4n) is 3.25. The first-order chi connectivity index (χ1) is 11.6. The maximum absolute atomic E-state index is 12.5. The van der Waals surface area contributed by atoms with Crippen LogP contribution in [0, 0.1) is 0 Å². The quantitative estimate of drug-likeness (QED) is 0.759. The van der Waals surface area contributed by atoms with Crippen molar-refractivity contribution in [2.45, 2.75) is 38.3 Å². The van der Waals surface area contributed by atoms with E-state index in [1.807, 2.05) is 36.0 Å². The van der Waals surface area contributed by atoms with Crippen LogP contribution in [0.2, 0.25) is 0 Å². The average Bonchev–Trinajstić information content (AvgIpc) is 3.31. The van der Waals surface area contributed by atoms with E-state index in [-0.39, 0.29) is 12.0 Å². The summed E-state index contributed by atoms with van der Waals surface area (Å²) in [6.45, 7) is 5.08.